The van der Waals surface area contributed by atoms with Crippen LogP contribution in [0.4, 0.5) is 13.2 Å². The third-order valence-electron chi connectivity index (χ3n) is 4.98. The number of rotatable bonds is 3. The summed E-state index contributed by atoms with van der Waals surface area (Å²) in [5.74, 6) is 0.0795. The largest absolute Gasteiger partial charge is 0.435 e. The van der Waals surface area contributed by atoms with Gasteiger partial charge in [-0.1, -0.05) is 0 Å². The summed E-state index contributed by atoms with van der Waals surface area (Å²) in [7, 11) is 1.41. The molecule has 1 aromatic heterocycles. The van der Waals surface area contributed by atoms with E-state index in [4.69, 9.17) is 0 Å². The van der Waals surface area contributed by atoms with Crippen LogP contribution in [0.1, 0.15) is 30.5 Å². The van der Waals surface area contributed by atoms with Crippen molar-refractivity contribution in [3.05, 3.63) is 17.5 Å². The third-order valence-corrected chi connectivity index (χ3v) is 4.98. The first-order valence-electron chi connectivity index (χ1n) is 7.79. The minimum atomic E-state index is -4.56. The van der Waals surface area contributed by atoms with E-state index in [-0.39, 0.29) is 36.5 Å². The van der Waals surface area contributed by atoms with Gasteiger partial charge in [-0.3, -0.25) is 9.48 Å². The molecule has 0 aromatic carbocycles. The number of alkyl halides is 3. The van der Waals surface area contributed by atoms with Gasteiger partial charge in [0.15, 0.2) is 5.69 Å². The Morgan fingerprint density at radius 3 is 2.78 bits per heavy atom. The highest BCUT2D eigenvalue weighted by atomic mass is 19.4. The number of aryl methyl sites for hydroxylation is 1. The summed E-state index contributed by atoms with van der Waals surface area (Å²) in [6.45, 7) is 0.604. The van der Waals surface area contributed by atoms with Crippen molar-refractivity contribution in [1.82, 2.24) is 14.7 Å². The number of fused-ring (bicyclic) bond motifs is 3. The molecule has 0 spiro atoms. The van der Waals surface area contributed by atoms with E-state index in [0.717, 1.165) is 23.9 Å². The molecule has 1 saturated carbocycles. The molecule has 3 unspecified atom stereocenters. The van der Waals surface area contributed by atoms with Crippen molar-refractivity contribution in [1.29, 1.82) is 0 Å². The van der Waals surface area contributed by atoms with Gasteiger partial charge >= 0.3 is 6.18 Å². The highest BCUT2D eigenvalue weighted by Gasteiger charge is 2.43. The summed E-state index contributed by atoms with van der Waals surface area (Å²) >= 11 is 0. The molecule has 23 heavy (non-hydrogen) atoms. The molecule has 1 N–H and O–H groups in total. The van der Waals surface area contributed by atoms with E-state index >= 15 is 0 Å². The van der Waals surface area contributed by atoms with Crippen LogP contribution < -0.4 is 0 Å². The maximum atomic E-state index is 13.0. The molecule has 2 bridgehead atoms. The molecule has 1 amide bonds. The van der Waals surface area contributed by atoms with Crippen LogP contribution in [0, 0.1) is 11.8 Å². The Labute approximate surface area is 132 Å². The molecule has 3 heterocycles. The predicted octanol–water partition coefficient (Wildman–Crippen LogP) is 1.60. The fourth-order valence-electron chi connectivity index (χ4n) is 3.99. The zero-order valence-corrected chi connectivity index (χ0v) is 12.9. The quantitative estimate of drug-likeness (QED) is 0.915. The lowest BCUT2D eigenvalue weighted by Crippen LogP contribution is -2.56. The molecule has 2 aliphatic heterocycles. The fraction of sp³-hybridized carbons (Fsp3) is 0.733. The van der Waals surface area contributed by atoms with Gasteiger partial charge in [-0.15, -0.1) is 0 Å². The van der Waals surface area contributed by atoms with E-state index in [1.807, 2.05) is 0 Å². The van der Waals surface area contributed by atoms with Gasteiger partial charge in [-0.05, 0) is 25.2 Å². The molecule has 3 atom stereocenters. The lowest BCUT2D eigenvalue weighted by molar-refractivity contribution is -0.144. The number of aromatic nitrogens is 2. The van der Waals surface area contributed by atoms with Crippen LogP contribution in [-0.4, -0.2) is 44.9 Å². The standard InChI is InChI=1S/C15H20F3N3O2/c1-20-7-10(14(19-20)15(16,17)18)5-13(23)21-6-9-2-3-12(21)11(4-9)8-22/h7,9,11-12,22H,2-6,8H2,1H3. The minimum Gasteiger partial charge on any atom is -0.396 e. The first-order chi connectivity index (χ1) is 10.8. The number of carbonyl (C=O) groups excluding carboxylic acids is 1. The molecule has 0 radical (unpaired) electrons. The Kier molecular flexibility index (Phi) is 4.12. The number of nitrogens with zero attached hydrogens (tertiary/aromatic N) is 3. The van der Waals surface area contributed by atoms with Crippen molar-refractivity contribution in [2.45, 2.75) is 37.9 Å². The number of carbonyl (C=O) groups is 1. The summed E-state index contributed by atoms with van der Waals surface area (Å²) in [4.78, 5) is 14.2. The van der Waals surface area contributed by atoms with Crippen LogP contribution >= 0.6 is 0 Å². The highest BCUT2D eigenvalue weighted by molar-refractivity contribution is 5.79. The second kappa shape index (κ2) is 5.81. The van der Waals surface area contributed by atoms with Crippen molar-refractivity contribution < 1.29 is 23.1 Å². The Morgan fingerprint density at radius 2 is 2.17 bits per heavy atom. The molecule has 2 saturated heterocycles. The smallest absolute Gasteiger partial charge is 0.396 e. The molecule has 3 aliphatic rings. The van der Waals surface area contributed by atoms with E-state index in [0.29, 0.717) is 12.5 Å². The van der Waals surface area contributed by atoms with Crippen LogP contribution in [0.3, 0.4) is 0 Å². The summed E-state index contributed by atoms with van der Waals surface area (Å²) < 4.78 is 40.0. The van der Waals surface area contributed by atoms with Gasteiger partial charge in [-0.2, -0.15) is 18.3 Å². The Hall–Kier alpha value is -1.57. The molecule has 1 aliphatic carbocycles. The van der Waals surface area contributed by atoms with Crippen LogP contribution in [0.2, 0.25) is 0 Å². The van der Waals surface area contributed by atoms with Gasteiger partial charge in [0, 0.05) is 43.9 Å². The maximum Gasteiger partial charge on any atom is 0.435 e. The van der Waals surface area contributed by atoms with E-state index < -0.39 is 11.9 Å². The van der Waals surface area contributed by atoms with Crippen LogP contribution in [0.15, 0.2) is 6.20 Å². The average molecular weight is 331 g/mol. The van der Waals surface area contributed by atoms with Gasteiger partial charge in [0.1, 0.15) is 0 Å². The van der Waals surface area contributed by atoms with E-state index in [9.17, 15) is 23.1 Å². The van der Waals surface area contributed by atoms with Gasteiger partial charge < -0.3 is 10.0 Å². The summed E-state index contributed by atoms with van der Waals surface area (Å²) in [6.07, 6.45) is -0.875. The molecular weight excluding hydrogens is 311 g/mol. The lowest BCUT2D eigenvalue weighted by atomic mass is 9.73. The van der Waals surface area contributed by atoms with E-state index in [1.165, 1.54) is 13.2 Å². The molecule has 5 nitrogen and oxygen atoms in total. The van der Waals surface area contributed by atoms with Crippen molar-refractivity contribution >= 4 is 5.91 Å². The number of hydrogen-bond donors (Lipinski definition) is 1. The van der Waals surface area contributed by atoms with Crippen molar-refractivity contribution in [2.24, 2.45) is 18.9 Å². The number of aliphatic hydroxyl groups is 1. The molecule has 3 fully saturated rings. The normalized spacial score (nSPS) is 27.5. The predicted molar refractivity (Wildman–Crippen MR) is 75.3 cm³/mol. The van der Waals surface area contributed by atoms with Crippen molar-refractivity contribution in [3.63, 3.8) is 0 Å². The number of piperidine rings is 2. The fourth-order valence-corrected chi connectivity index (χ4v) is 3.99. The van der Waals surface area contributed by atoms with Gasteiger partial charge in [0.05, 0.1) is 6.42 Å². The summed E-state index contributed by atoms with van der Waals surface area (Å²) in [5.41, 5.74) is -1.08. The van der Waals surface area contributed by atoms with Gasteiger partial charge in [-0.25, -0.2) is 0 Å². The van der Waals surface area contributed by atoms with Crippen LogP contribution in [0.5, 0.6) is 0 Å². The molecule has 1 aromatic rings. The maximum absolute atomic E-state index is 13.0. The van der Waals surface area contributed by atoms with Gasteiger partial charge in [0.25, 0.3) is 0 Å². The molecule has 8 heteroatoms. The first-order valence-corrected chi connectivity index (χ1v) is 7.79. The van der Waals surface area contributed by atoms with E-state index in [1.54, 1.807) is 4.90 Å². The molecular formula is C15H20F3N3O2. The van der Waals surface area contributed by atoms with Gasteiger partial charge in [0.2, 0.25) is 5.91 Å². The summed E-state index contributed by atoms with van der Waals surface area (Å²) in [6, 6.07) is -0.0523. The Balaban J connectivity index is 1.78. The van der Waals surface area contributed by atoms with Crippen LogP contribution in [0.25, 0.3) is 0 Å². The third kappa shape index (κ3) is 3.08. The minimum absolute atomic E-state index is 0.0195. The second-order valence-electron chi connectivity index (χ2n) is 6.59. The number of halogens is 3. The SMILES string of the molecule is Cn1cc(CC(=O)N2CC3CCC2C(CO)C3)c(C(F)(F)F)n1. The number of amides is 1. The number of aliphatic hydroxyl groups excluding tert-OH is 1. The zero-order valence-electron chi connectivity index (χ0n) is 12.9. The Bertz CT molecular complexity index is 599. The average Bonchev–Trinajstić information content (AvgIpc) is 2.88. The highest BCUT2D eigenvalue weighted by Crippen LogP contribution is 2.39. The van der Waals surface area contributed by atoms with Crippen molar-refractivity contribution in [3.8, 4) is 0 Å². The first kappa shape index (κ1) is 16.3. The monoisotopic (exact) mass is 331 g/mol. The van der Waals surface area contributed by atoms with Crippen LogP contribution in [-0.2, 0) is 24.4 Å². The summed E-state index contributed by atoms with van der Waals surface area (Å²) in [5, 5.41) is 12.9. The topological polar surface area (TPSA) is 58.4 Å². The molecule has 4 rings (SSSR count). The second-order valence-corrected chi connectivity index (χ2v) is 6.59. The van der Waals surface area contributed by atoms with E-state index in [2.05, 4.69) is 5.10 Å². The Morgan fingerprint density at radius 1 is 1.43 bits per heavy atom. The van der Waals surface area contributed by atoms with Crippen molar-refractivity contribution in [2.75, 3.05) is 13.2 Å². The lowest BCUT2D eigenvalue weighted by Gasteiger charge is -2.49. The zero-order chi connectivity index (χ0) is 16.8. The molecule has 128 valence electrons. The number of hydrogen-bond acceptors (Lipinski definition) is 3.